The fraction of sp³-hybridized carbons (Fsp3) is 0.180. The van der Waals surface area contributed by atoms with Gasteiger partial charge in [0.2, 0.25) is 0 Å². The van der Waals surface area contributed by atoms with E-state index in [1.165, 1.54) is 0 Å². The van der Waals surface area contributed by atoms with Crippen molar-refractivity contribution < 1.29 is 300 Å². The summed E-state index contributed by atoms with van der Waals surface area (Å²) in [7, 11) is 0. The maximum atomic E-state index is 12.5. The van der Waals surface area contributed by atoms with Gasteiger partial charge >= 0.3 is 0 Å². The summed E-state index contributed by atoms with van der Waals surface area (Å²) in [6.45, 7) is 0. The zero-order valence-corrected chi connectivity index (χ0v) is 64.1. The molecule has 0 spiro atoms. The maximum absolute atomic E-state index is 12.5. The van der Waals surface area contributed by atoms with Crippen molar-refractivity contribution in [1.82, 2.24) is 0 Å². The van der Waals surface area contributed by atoms with E-state index < -0.39 is 0 Å². The summed E-state index contributed by atoms with van der Waals surface area (Å²) in [6.07, 6.45) is 42.9. The van der Waals surface area contributed by atoms with Gasteiger partial charge in [0.05, 0.1) is 0 Å². The van der Waals surface area contributed by atoms with Crippen molar-refractivity contribution >= 4 is 46.3 Å². The van der Waals surface area contributed by atoms with Gasteiger partial charge in [0.15, 0.2) is 23.1 Å². The number of carbonyl (C=O) groups is 8. The van der Waals surface area contributed by atoms with Crippen LogP contribution in [-0.4, -0.2) is 46.3 Å². The summed E-state index contributed by atoms with van der Waals surface area (Å²) in [5.41, 5.74) is 17.0. The van der Waals surface area contributed by atoms with Crippen LogP contribution in [0.4, 0.5) is 0 Å². The first-order valence-electron chi connectivity index (χ1n) is 23.0. The Morgan fingerprint density at radius 3 is 1.16 bits per heavy atom. The molecule has 0 aromatic heterocycles. The van der Waals surface area contributed by atoms with Crippen molar-refractivity contribution in [2.75, 3.05) is 0 Å². The smallest absolute Gasteiger partial charge is 0.176 e. The molecular weight excluding hydrogens is 1570 g/mol. The minimum absolute atomic E-state index is 0. The van der Waals surface area contributed by atoms with Gasteiger partial charge in [0.1, 0.15) is 23.1 Å². The third-order valence-corrected chi connectivity index (χ3v) is 14.8. The molecule has 0 fully saturated rings. The topological polar surface area (TPSA) is 137 Å². The molecule has 0 atom stereocenters. The van der Waals surface area contributed by atoms with Crippen molar-refractivity contribution in [3.05, 3.63) is 243 Å². The van der Waals surface area contributed by atoms with Gasteiger partial charge in [-0.15, -0.1) is 0 Å². The van der Waals surface area contributed by atoms with E-state index in [-0.39, 0.29) is 308 Å². The first-order chi connectivity index (χ1) is 33.6. The van der Waals surface area contributed by atoms with Gasteiger partial charge in [-0.1, -0.05) is 109 Å². The van der Waals surface area contributed by atoms with Crippen LogP contribution < -0.4 is 0 Å². The van der Waals surface area contributed by atoms with Crippen LogP contribution in [0.15, 0.2) is 183 Å². The Balaban J connectivity index is 0.000000183. The second-order valence-corrected chi connectivity index (χ2v) is 18.3. The molecule has 1 aromatic rings. The summed E-state index contributed by atoms with van der Waals surface area (Å²) >= 11 is 0. The summed E-state index contributed by atoms with van der Waals surface area (Å²) in [5, 5.41) is 0. The summed E-state index contributed by atoms with van der Waals surface area (Å²) in [4.78, 5) is 98.7. The molecule has 0 bridgehead atoms. The second-order valence-electron chi connectivity index (χ2n) is 18.3. The van der Waals surface area contributed by atoms with E-state index >= 15 is 0 Å². The molecule has 8 radical (unpaired) electrons. The molecule has 77 heavy (non-hydrogen) atoms. The van der Waals surface area contributed by atoms with Crippen LogP contribution in [0.5, 0.6) is 0 Å². The van der Waals surface area contributed by atoms with Crippen LogP contribution in [0.1, 0.15) is 91.3 Å². The molecule has 16 rings (SSSR count). The van der Waals surface area contributed by atoms with E-state index in [9.17, 15) is 38.4 Å². The number of rotatable bonds is 0. The van der Waals surface area contributed by atoms with E-state index in [0.29, 0.717) is 160 Å². The average molecular weight is 1600 g/mol. The van der Waals surface area contributed by atoms with Crippen molar-refractivity contribution in [3.63, 3.8) is 0 Å². The molecule has 0 saturated carbocycles. The number of carbonyl (C=O) groups excluding carboxylic acids is 8. The van der Waals surface area contributed by atoms with Crippen LogP contribution in [0.2, 0.25) is 0 Å². The summed E-state index contributed by atoms with van der Waals surface area (Å²) in [6, 6.07) is 7.03. The third kappa shape index (κ3) is 11.4. The van der Waals surface area contributed by atoms with Crippen LogP contribution >= 0.6 is 0 Å². The fourth-order valence-electron chi connectivity index (χ4n) is 11.7. The predicted octanol–water partition coefficient (Wildman–Crippen LogP) is 8.48. The van der Waals surface area contributed by atoms with Crippen LogP contribution in [0.3, 0.4) is 0 Å². The second kappa shape index (κ2) is 27.8. The zero-order valence-electron chi connectivity index (χ0n) is 41.4. The van der Waals surface area contributed by atoms with E-state index in [4.69, 9.17) is 0 Å². The number of allylic oxidation sites excluding steroid dienone is 36. The van der Waals surface area contributed by atoms with Gasteiger partial charge in [-0.05, 0) is 19.3 Å². The minimum Gasteiger partial charge on any atom is -0.350 e. The summed E-state index contributed by atoms with van der Waals surface area (Å²) in [5.74, 6) is 0.0924. The Morgan fingerprint density at radius 2 is 0.675 bits per heavy atom. The Morgan fingerprint density at radius 1 is 0.325 bits per heavy atom. The normalized spacial score (nSPS) is 21.5. The molecule has 0 amide bonds. The molecule has 356 valence electrons. The number of ketones is 8. The first kappa shape index (κ1) is 68.5. The molecule has 0 heterocycles. The van der Waals surface area contributed by atoms with Gasteiger partial charge in [0, 0.05) is 306 Å². The largest absolute Gasteiger partial charge is 0.350 e. The number of Topliss-reactive ketones (excluding diaryl/α,β-unsaturated/α-hetero) is 8. The zero-order chi connectivity index (χ0) is 47.0. The number of fused-ring (bicyclic) bond motifs is 10. The monoisotopic (exact) mass is 1600 g/mol. The van der Waals surface area contributed by atoms with E-state index in [0.717, 1.165) is 44.6 Å². The molecule has 16 heteroatoms. The van der Waals surface area contributed by atoms with Gasteiger partial charge in [-0.25, -0.2) is 0 Å². The molecule has 1 aromatic carbocycles. The van der Waals surface area contributed by atoms with Crippen molar-refractivity contribution in [1.29, 1.82) is 0 Å². The Labute approximate surface area is 647 Å². The number of hydrogen-bond donors (Lipinski definition) is 0. The molecule has 15 aliphatic carbocycles. The molecule has 0 saturated heterocycles. The van der Waals surface area contributed by atoms with E-state index in [1.807, 2.05) is 24.3 Å². The van der Waals surface area contributed by atoms with E-state index in [1.54, 1.807) is 36.4 Å². The average Bonchev–Trinajstić information content (AvgIpc) is 4.19. The minimum atomic E-state index is -0.0404. The van der Waals surface area contributed by atoms with Gasteiger partial charge < -0.3 is 112 Å². The molecule has 0 N–H and O–H groups in total. The van der Waals surface area contributed by atoms with Gasteiger partial charge in [-0.2, -0.15) is 48.0 Å². The number of hydrogen-bond acceptors (Lipinski definition) is 8. The molecule has 0 aliphatic heterocycles. The van der Waals surface area contributed by atoms with Gasteiger partial charge in [-0.3, -0.25) is 19.2 Å². The molecule has 15 aliphatic rings. The van der Waals surface area contributed by atoms with Crippen LogP contribution in [0.25, 0.3) is 0 Å². The fourth-order valence-corrected chi connectivity index (χ4v) is 11.7. The Bertz CT molecular complexity index is 3640. The Kier molecular flexibility index (Phi) is 24.8. The van der Waals surface area contributed by atoms with E-state index in [2.05, 4.69) is 48.6 Å². The molecule has 0 unspecified atom stereocenters. The molecular formula is C61H32O8Y8-8. The SMILES string of the molecule is O=C1C2=C(C(=O)c3ccccc31)C1=[C-]C[C-]=C1C2.O=C1C2=C(C=CC2)C(=O)C2=C1CC1=[C-]C[C-]=C12.O=C1C2=C(CC=C2)C(=O)C2=C1CC1=[C-]C[C-]=C12.O=C1C2=CCC=C2C(=O)C2=C1CC1=[C-]C[C-]=C12.[Y].[Y].[Y].[Y].[Y].[Y].[Y].[Y]. The first-order valence-corrected chi connectivity index (χ1v) is 23.0. The van der Waals surface area contributed by atoms with Crippen molar-refractivity contribution in [3.8, 4) is 0 Å². The third-order valence-electron chi connectivity index (χ3n) is 14.8. The summed E-state index contributed by atoms with van der Waals surface area (Å²) < 4.78 is 0. The van der Waals surface area contributed by atoms with Crippen molar-refractivity contribution in [2.45, 2.75) is 70.6 Å². The predicted molar refractivity (Wildman–Crippen MR) is 247 cm³/mol. The van der Waals surface area contributed by atoms with Crippen molar-refractivity contribution in [2.24, 2.45) is 0 Å². The maximum Gasteiger partial charge on any atom is 0.176 e. The van der Waals surface area contributed by atoms with Crippen LogP contribution in [0, 0.1) is 48.6 Å². The molecule has 8 nitrogen and oxygen atoms in total. The van der Waals surface area contributed by atoms with Crippen LogP contribution in [-0.2, 0) is 290 Å². The quantitative estimate of drug-likeness (QED) is 0.187. The standard InChI is InChI=1S/C16H8O2.3C15H8O2.8Y/c17-15-11-5-1-2-6-12(11)16(18)14-10-7-3-4-9(10)8-13(14)15;3*16-14-10-5-2-6-11(10)15(17)13-9-4-1-3-8(9)7-12(13)14;;;;;;;;/h1-2,5-6H,3,8H2;5-6H,1-2,7H2;2,6H,1,5,7H2;2,5H,1,6-7H2;;;;;;;;/q4*-2;;;;;;;;. The Hall–Kier alpha value is 0.731. The van der Waals surface area contributed by atoms with Gasteiger partial charge in [0.25, 0.3) is 0 Å². The number of benzene rings is 1.